The second-order valence-electron chi connectivity index (χ2n) is 4.17. The molecule has 2 aromatic heterocycles. The number of fused-ring (bicyclic) bond motifs is 1. The quantitative estimate of drug-likeness (QED) is 0.587. The van der Waals surface area contributed by atoms with Crippen LogP contribution in [0.3, 0.4) is 0 Å². The van der Waals surface area contributed by atoms with Gasteiger partial charge in [-0.1, -0.05) is 46.1 Å². The molecule has 108 valence electrons. The fraction of sp³-hybridized carbons (Fsp3) is 0.0769. The van der Waals surface area contributed by atoms with Gasteiger partial charge in [0, 0.05) is 7.05 Å². The number of thiazole rings is 1. The van der Waals surface area contributed by atoms with Crippen LogP contribution in [0.15, 0.2) is 29.3 Å². The molecule has 0 aliphatic rings. The van der Waals surface area contributed by atoms with Crippen molar-refractivity contribution in [1.82, 2.24) is 4.57 Å². The number of carbonyl (C=O) groups excluding carboxylic acids is 1. The molecular weight excluding hydrogens is 371 g/mol. The topological polar surface area (TPSA) is 34.4 Å². The summed E-state index contributed by atoms with van der Waals surface area (Å²) in [6, 6.07) is 6.93. The highest BCUT2D eigenvalue weighted by Crippen LogP contribution is 2.31. The van der Waals surface area contributed by atoms with Crippen molar-refractivity contribution < 1.29 is 4.79 Å². The maximum Gasteiger partial charge on any atom is 0.289 e. The number of halogens is 3. The number of aromatic nitrogens is 1. The SMILES string of the molecule is Cn1c(=NC(=O)c2ccc(Cl)s2)sc2ccc(Cl)c(Cl)c21. The number of rotatable bonds is 1. The van der Waals surface area contributed by atoms with Crippen molar-refractivity contribution >= 4 is 73.6 Å². The minimum atomic E-state index is -0.323. The molecule has 0 bridgehead atoms. The second kappa shape index (κ2) is 5.74. The van der Waals surface area contributed by atoms with Crippen LogP contribution in [0.1, 0.15) is 9.67 Å². The monoisotopic (exact) mass is 376 g/mol. The zero-order valence-electron chi connectivity index (χ0n) is 10.6. The highest BCUT2D eigenvalue weighted by molar-refractivity contribution is 7.18. The van der Waals surface area contributed by atoms with Crippen molar-refractivity contribution in [3.05, 3.63) is 48.3 Å². The lowest BCUT2D eigenvalue weighted by molar-refractivity contribution is 0.100. The zero-order chi connectivity index (χ0) is 15.1. The number of hydrogen-bond acceptors (Lipinski definition) is 3. The van der Waals surface area contributed by atoms with E-state index in [0.717, 1.165) is 10.2 Å². The Bertz CT molecular complexity index is 923. The van der Waals surface area contributed by atoms with E-state index in [1.54, 1.807) is 29.8 Å². The normalized spacial score (nSPS) is 12.3. The van der Waals surface area contributed by atoms with Crippen molar-refractivity contribution in [3.8, 4) is 0 Å². The third-order valence-corrected chi connectivity index (χ3v) is 5.95. The van der Waals surface area contributed by atoms with E-state index >= 15 is 0 Å². The summed E-state index contributed by atoms with van der Waals surface area (Å²) in [4.78, 5) is 17.3. The molecule has 0 aliphatic heterocycles. The number of benzene rings is 1. The third-order valence-electron chi connectivity index (χ3n) is 2.84. The first-order chi connectivity index (χ1) is 9.97. The molecule has 3 aromatic rings. The summed E-state index contributed by atoms with van der Waals surface area (Å²) in [6.45, 7) is 0. The van der Waals surface area contributed by atoms with Crippen LogP contribution in [0.25, 0.3) is 10.2 Å². The molecule has 3 nitrogen and oxygen atoms in total. The van der Waals surface area contributed by atoms with Crippen molar-refractivity contribution in [2.45, 2.75) is 0 Å². The van der Waals surface area contributed by atoms with Crippen molar-refractivity contribution in [1.29, 1.82) is 0 Å². The molecule has 0 saturated heterocycles. The van der Waals surface area contributed by atoms with Gasteiger partial charge >= 0.3 is 0 Å². The second-order valence-corrected chi connectivity index (χ2v) is 7.68. The van der Waals surface area contributed by atoms with Crippen LogP contribution in [0.2, 0.25) is 14.4 Å². The number of hydrogen-bond donors (Lipinski definition) is 0. The largest absolute Gasteiger partial charge is 0.318 e. The third kappa shape index (κ3) is 2.76. The number of carbonyl (C=O) groups is 1. The van der Waals surface area contributed by atoms with Crippen molar-refractivity contribution in [3.63, 3.8) is 0 Å². The highest BCUT2D eigenvalue weighted by atomic mass is 35.5. The van der Waals surface area contributed by atoms with Crippen LogP contribution >= 0.6 is 57.5 Å². The molecule has 0 aliphatic carbocycles. The van der Waals surface area contributed by atoms with Gasteiger partial charge in [0.1, 0.15) is 0 Å². The van der Waals surface area contributed by atoms with Gasteiger partial charge in [-0.3, -0.25) is 4.79 Å². The van der Waals surface area contributed by atoms with E-state index < -0.39 is 0 Å². The molecule has 0 saturated carbocycles. The molecule has 8 heteroatoms. The number of thiophene rings is 1. The predicted molar refractivity (Wildman–Crippen MR) is 90.0 cm³/mol. The van der Waals surface area contributed by atoms with Gasteiger partial charge in [-0.15, -0.1) is 11.3 Å². The lowest BCUT2D eigenvalue weighted by atomic mass is 10.3. The highest BCUT2D eigenvalue weighted by Gasteiger charge is 2.12. The summed E-state index contributed by atoms with van der Waals surface area (Å²) < 4.78 is 3.24. The molecule has 0 spiro atoms. The van der Waals surface area contributed by atoms with Gasteiger partial charge in [0.15, 0.2) is 4.80 Å². The lowest BCUT2D eigenvalue weighted by Gasteiger charge is -1.99. The molecule has 0 fully saturated rings. The molecule has 2 heterocycles. The van der Waals surface area contributed by atoms with Crippen LogP contribution < -0.4 is 4.80 Å². The predicted octanol–water partition coefficient (Wildman–Crippen LogP) is 5.00. The van der Waals surface area contributed by atoms with E-state index in [1.165, 1.54) is 22.7 Å². The summed E-state index contributed by atoms with van der Waals surface area (Å²) in [7, 11) is 1.80. The van der Waals surface area contributed by atoms with E-state index in [1.807, 2.05) is 6.07 Å². The maximum absolute atomic E-state index is 12.1. The summed E-state index contributed by atoms with van der Waals surface area (Å²) >= 11 is 20.7. The molecule has 0 N–H and O–H groups in total. The molecule has 3 rings (SSSR count). The van der Waals surface area contributed by atoms with Crippen molar-refractivity contribution in [2.75, 3.05) is 0 Å². The molecule has 21 heavy (non-hydrogen) atoms. The Morgan fingerprint density at radius 2 is 1.90 bits per heavy atom. The lowest BCUT2D eigenvalue weighted by Crippen LogP contribution is -2.13. The Labute approximate surface area is 143 Å². The average molecular weight is 378 g/mol. The molecule has 0 radical (unpaired) electrons. The Hall–Kier alpha value is -0.850. The first kappa shape index (κ1) is 15.1. The molecular formula is C13H7Cl3N2OS2. The van der Waals surface area contributed by atoms with Crippen LogP contribution in [0.4, 0.5) is 0 Å². The van der Waals surface area contributed by atoms with Gasteiger partial charge in [-0.2, -0.15) is 4.99 Å². The Kier molecular flexibility index (Phi) is 4.12. The van der Waals surface area contributed by atoms with Gasteiger partial charge in [0.25, 0.3) is 5.91 Å². The standard InChI is InChI=1S/C13H7Cl3N2OS2/c1-18-11-7(3-2-6(14)10(11)16)21-13(18)17-12(19)8-4-5-9(15)20-8/h2-5H,1H3. The molecule has 0 atom stereocenters. The number of amides is 1. The van der Waals surface area contributed by atoms with Gasteiger partial charge in [-0.25, -0.2) is 0 Å². The fourth-order valence-corrected chi connectivity index (χ4v) is 4.30. The fourth-order valence-electron chi connectivity index (χ4n) is 1.85. The van der Waals surface area contributed by atoms with E-state index in [0.29, 0.717) is 24.1 Å². The summed E-state index contributed by atoms with van der Waals surface area (Å²) in [6.07, 6.45) is 0. The Morgan fingerprint density at radius 1 is 1.14 bits per heavy atom. The van der Waals surface area contributed by atoms with Crippen molar-refractivity contribution in [2.24, 2.45) is 12.0 Å². The smallest absolute Gasteiger partial charge is 0.289 e. The van der Waals surface area contributed by atoms with Crippen LogP contribution in [0.5, 0.6) is 0 Å². The van der Waals surface area contributed by atoms with Crippen LogP contribution in [-0.2, 0) is 7.05 Å². The minimum Gasteiger partial charge on any atom is -0.318 e. The molecule has 1 amide bonds. The minimum absolute atomic E-state index is 0.323. The number of nitrogens with zero attached hydrogens (tertiary/aromatic N) is 2. The van der Waals surface area contributed by atoms with Gasteiger partial charge in [0.05, 0.1) is 29.5 Å². The van der Waals surface area contributed by atoms with Gasteiger partial charge < -0.3 is 4.57 Å². The van der Waals surface area contributed by atoms with E-state index in [-0.39, 0.29) is 5.91 Å². The average Bonchev–Trinajstić information content (AvgIpc) is 3.00. The summed E-state index contributed by atoms with van der Waals surface area (Å²) in [5.74, 6) is -0.323. The van der Waals surface area contributed by atoms with Gasteiger partial charge in [-0.05, 0) is 24.3 Å². The molecule has 0 unspecified atom stereocenters. The maximum atomic E-state index is 12.1. The first-order valence-electron chi connectivity index (χ1n) is 5.75. The van der Waals surface area contributed by atoms with Gasteiger partial charge in [0.2, 0.25) is 0 Å². The zero-order valence-corrected chi connectivity index (χ0v) is 14.5. The van der Waals surface area contributed by atoms with Crippen LogP contribution in [0, 0.1) is 0 Å². The first-order valence-corrected chi connectivity index (χ1v) is 8.52. The summed E-state index contributed by atoms with van der Waals surface area (Å²) in [5, 5.41) is 0.932. The number of aryl methyl sites for hydroxylation is 1. The van der Waals surface area contributed by atoms with E-state index in [2.05, 4.69) is 4.99 Å². The van der Waals surface area contributed by atoms with Crippen LogP contribution in [-0.4, -0.2) is 10.5 Å². The van der Waals surface area contributed by atoms with E-state index in [9.17, 15) is 4.79 Å². The summed E-state index contributed by atoms with van der Waals surface area (Å²) in [5.41, 5.74) is 0.768. The Balaban J connectivity index is 2.17. The van der Waals surface area contributed by atoms with E-state index in [4.69, 9.17) is 34.8 Å². The Morgan fingerprint density at radius 3 is 2.57 bits per heavy atom. The molecule has 1 aromatic carbocycles.